The van der Waals surface area contributed by atoms with Gasteiger partial charge >= 0.3 is 0 Å². The molecule has 1 aliphatic heterocycles. The largest absolute Gasteiger partial charge is 0.394 e. The van der Waals surface area contributed by atoms with E-state index in [-0.39, 0.29) is 5.41 Å². The van der Waals surface area contributed by atoms with E-state index < -0.39 is 31.1 Å². The predicted molar refractivity (Wildman–Crippen MR) is 114 cm³/mol. The second kappa shape index (κ2) is 7.99. The van der Waals surface area contributed by atoms with Crippen LogP contribution in [0.5, 0.6) is 0 Å². The molecule has 3 aromatic rings. The first-order valence-corrected chi connectivity index (χ1v) is 10.7. The number of imidazole rings is 1. The first-order valence-electron chi connectivity index (χ1n) is 10.3. The van der Waals surface area contributed by atoms with Gasteiger partial charge in [0.05, 0.1) is 12.9 Å². The van der Waals surface area contributed by atoms with E-state index >= 15 is 0 Å². The highest BCUT2D eigenvalue weighted by Crippen LogP contribution is 2.44. The van der Waals surface area contributed by atoms with Crippen molar-refractivity contribution in [2.24, 2.45) is 0 Å². The highest BCUT2D eigenvalue weighted by Gasteiger charge is 2.44. The summed E-state index contributed by atoms with van der Waals surface area (Å²) < 4.78 is 7.17. The molecule has 5 rings (SSSR count). The Morgan fingerprint density at radius 1 is 1.19 bits per heavy atom. The van der Waals surface area contributed by atoms with Crippen LogP contribution >= 0.6 is 11.6 Å². The molecule has 0 bridgehead atoms. The van der Waals surface area contributed by atoms with Crippen LogP contribution in [0.2, 0.25) is 5.02 Å². The Bertz CT molecular complexity index is 1090. The van der Waals surface area contributed by atoms with E-state index in [1.807, 2.05) is 18.2 Å². The van der Waals surface area contributed by atoms with Gasteiger partial charge in [-0.15, -0.1) is 0 Å². The average molecular weight is 446 g/mol. The van der Waals surface area contributed by atoms with Crippen LogP contribution in [0.25, 0.3) is 11.2 Å². The predicted octanol–water partition coefficient (Wildman–Crippen LogP) is 1.62. The van der Waals surface area contributed by atoms with Gasteiger partial charge in [0.1, 0.15) is 24.6 Å². The molecule has 0 radical (unpaired) electrons. The number of nitrogens with zero attached hydrogens (tertiary/aromatic N) is 4. The molecule has 3 heterocycles. The molecular weight excluding hydrogens is 422 g/mol. The Hall–Kier alpha value is -2.30. The van der Waals surface area contributed by atoms with E-state index in [1.165, 1.54) is 18.2 Å². The lowest BCUT2D eigenvalue weighted by Crippen LogP contribution is -2.41. The SMILES string of the molecule is OC[C@H]1O[C@@H](n2cnc3c(NCC4(c5cccc(Cl)c5)CCC4)ncnc32)C(O)C1O. The Kier molecular flexibility index (Phi) is 5.31. The van der Waals surface area contributed by atoms with Gasteiger partial charge in [0.25, 0.3) is 0 Å². The molecule has 2 fully saturated rings. The number of halogens is 1. The van der Waals surface area contributed by atoms with Gasteiger partial charge in [-0.25, -0.2) is 15.0 Å². The normalized spacial score (nSPS) is 27.4. The Morgan fingerprint density at radius 3 is 2.71 bits per heavy atom. The number of benzene rings is 1. The minimum absolute atomic E-state index is 0.00600. The summed E-state index contributed by atoms with van der Waals surface area (Å²) in [5, 5.41) is 33.9. The van der Waals surface area contributed by atoms with Gasteiger partial charge in [-0.1, -0.05) is 30.2 Å². The molecule has 1 saturated heterocycles. The van der Waals surface area contributed by atoms with E-state index in [0.29, 0.717) is 23.5 Å². The molecule has 1 aromatic carbocycles. The average Bonchev–Trinajstić information content (AvgIpc) is 3.29. The van der Waals surface area contributed by atoms with Crippen LogP contribution in [-0.2, 0) is 10.2 Å². The molecule has 0 amide bonds. The van der Waals surface area contributed by atoms with Gasteiger partial charge in [-0.05, 0) is 30.5 Å². The smallest absolute Gasteiger partial charge is 0.167 e. The fourth-order valence-electron chi connectivity index (χ4n) is 4.52. The highest BCUT2D eigenvalue weighted by atomic mass is 35.5. The fraction of sp³-hybridized carbons (Fsp3) is 0.476. The van der Waals surface area contributed by atoms with Crippen molar-refractivity contribution in [3.8, 4) is 0 Å². The molecule has 2 aliphatic rings. The zero-order valence-corrected chi connectivity index (χ0v) is 17.5. The van der Waals surface area contributed by atoms with Crippen LogP contribution in [-0.4, -0.2) is 66.3 Å². The highest BCUT2D eigenvalue weighted by molar-refractivity contribution is 6.30. The molecule has 10 heteroatoms. The minimum Gasteiger partial charge on any atom is -0.394 e. The lowest BCUT2D eigenvalue weighted by molar-refractivity contribution is -0.0511. The maximum absolute atomic E-state index is 10.4. The summed E-state index contributed by atoms with van der Waals surface area (Å²) in [6.45, 7) is 0.287. The quantitative estimate of drug-likeness (QED) is 0.451. The molecule has 1 saturated carbocycles. The van der Waals surface area contributed by atoms with E-state index in [2.05, 4.69) is 26.3 Å². The molecule has 4 N–H and O–H groups in total. The zero-order valence-electron chi connectivity index (χ0n) is 16.7. The molecule has 1 aliphatic carbocycles. The number of rotatable bonds is 6. The third-order valence-electron chi connectivity index (χ3n) is 6.49. The van der Waals surface area contributed by atoms with Crippen LogP contribution in [0.1, 0.15) is 31.1 Å². The van der Waals surface area contributed by atoms with Crippen molar-refractivity contribution < 1.29 is 20.1 Å². The summed E-state index contributed by atoms with van der Waals surface area (Å²) in [7, 11) is 0. The number of fused-ring (bicyclic) bond motifs is 1. The van der Waals surface area contributed by atoms with Crippen molar-refractivity contribution in [3.05, 3.63) is 47.5 Å². The lowest BCUT2D eigenvalue weighted by atomic mass is 9.64. The van der Waals surface area contributed by atoms with Crippen LogP contribution in [0, 0.1) is 0 Å². The van der Waals surface area contributed by atoms with E-state index in [9.17, 15) is 15.3 Å². The summed E-state index contributed by atoms with van der Waals surface area (Å²) in [5.41, 5.74) is 2.22. The molecule has 4 atom stereocenters. The van der Waals surface area contributed by atoms with Crippen molar-refractivity contribution >= 4 is 28.6 Å². The first-order chi connectivity index (χ1) is 15.0. The molecule has 2 aromatic heterocycles. The van der Waals surface area contributed by atoms with Gasteiger partial charge in [-0.2, -0.15) is 0 Å². The molecule has 9 nitrogen and oxygen atoms in total. The Balaban J connectivity index is 1.41. The van der Waals surface area contributed by atoms with Crippen molar-refractivity contribution in [3.63, 3.8) is 0 Å². The third-order valence-corrected chi connectivity index (χ3v) is 6.73. The maximum atomic E-state index is 10.4. The number of hydrogen-bond donors (Lipinski definition) is 4. The first kappa shape index (κ1) is 20.6. The standard InChI is InChI=1S/C21H24ClN5O4/c22-13-4-1-3-12(7-13)21(5-2-6-21)9-23-18-15-19(25-10-24-18)27(11-26-15)20-17(30)16(29)14(8-28)31-20/h1,3-4,7,10-11,14,16-17,20,28-30H,2,5-6,8-9H2,(H,23,24,25)/t14-,16?,17?,20-/m1/s1. The summed E-state index contributed by atoms with van der Waals surface area (Å²) in [6.07, 6.45) is 2.05. The number of anilines is 1. The fourth-order valence-corrected chi connectivity index (χ4v) is 4.71. The molecule has 164 valence electrons. The number of nitrogens with one attached hydrogen (secondary N) is 1. The van der Waals surface area contributed by atoms with Gasteiger partial charge in [0.15, 0.2) is 23.2 Å². The zero-order chi connectivity index (χ0) is 21.6. The van der Waals surface area contributed by atoms with Crippen LogP contribution in [0.3, 0.4) is 0 Å². The second-order valence-electron chi connectivity index (χ2n) is 8.27. The molecule has 2 unspecified atom stereocenters. The van der Waals surface area contributed by atoms with E-state index in [1.54, 1.807) is 4.57 Å². The van der Waals surface area contributed by atoms with E-state index in [4.69, 9.17) is 16.3 Å². The monoisotopic (exact) mass is 445 g/mol. The van der Waals surface area contributed by atoms with Crippen LogP contribution < -0.4 is 5.32 Å². The number of aliphatic hydroxyl groups excluding tert-OH is 3. The van der Waals surface area contributed by atoms with Crippen molar-refractivity contribution in [1.29, 1.82) is 0 Å². The summed E-state index contributed by atoms with van der Waals surface area (Å²) in [4.78, 5) is 13.1. The maximum Gasteiger partial charge on any atom is 0.167 e. The van der Waals surface area contributed by atoms with Gasteiger partial charge in [-0.3, -0.25) is 4.57 Å². The van der Waals surface area contributed by atoms with Crippen molar-refractivity contribution in [2.45, 2.75) is 49.2 Å². The number of ether oxygens (including phenoxy) is 1. The topological polar surface area (TPSA) is 126 Å². The van der Waals surface area contributed by atoms with Crippen LogP contribution in [0.15, 0.2) is 36.9 Å². The van der Waals surface area contributed by atoms with Crippen LogP contribution in [0.4, 0.5) is 5.82 Å². The molecular formula is C21H24ClN5O4. The minimum atomic E-state index is -1.21. The summed E-state index contributed by atoms with van der Waals surface area (Å²) >= 11 is 6.22. The third kappa shape index (κ3) is 3.46. The number of aromatic nitrogens is 4. The molecule has 0 spiro atoms. The Morgan fingerprint density at radius 2 is 2.03 bits per heavy atom. The van der Waals surface area contributed by atoms with E-state index in [0.717, 1.165) is 24.3 Å². The van der Waals surface area contributed by atoms with Gasteiger partial charge in [0.2, 0.25) is 0 Å². The summed E-state index contributed by atoms with van der Waals surface area (Å²) in [5.74, 6) is 0.587. The van der Waals surface area contributed by atoms with Gasteiger partial charge < -0.3 is 25.4 Å². The molecule has 31 heavy (non-hydrogen) atoms. The van der Waals surface area contributed by atoms with Gasteiger partial charge in [0, 0.05) is 17.0 Å². The van der Waals surface area contributed by atoms with Crippen molar-refractivity contribution in [2.75, 3.05) is 18.5 Å². The summed E-state index contributed by atoms with van der Waals surface area (Å²) in [6, 6.07) is 7.99. The van der Waals surface area contributed by atoms with Crippen molar-refractivity contribution in [1.82, 2.24) is 19.5 Å². The Labute approximate surface area is 183 Å². The lowest BCUT2D eigenvalue weighted by Gasteiger charge is -2.42. The number of aliphatic hydroxyl groups is 3. The second-order valence-corrected chi connectivity index (χ2v) is 8.71. The number of hydrogen-bond acceptors (Lipinski definition) is 8.